The summed E-state index contributed by atoms with van der Waals surface area (Å²) in [6.07, 6.45) is -0.642. The van der Waals surface area contributed by atoms with Crippen LogP contribution in [0.4, 0.5) is 16.2 Å². The highest BCUT2D eigenvalue weighted by Gasteiger charge is 2.12. The summed E-state index contributed by atoms with van der Waals surface area (Å²) >= 11 is 0. The molecule has 10 nitrogen and oxygen atoms in total. The van der Waals surface area contributed by atoms with E-state index in [1.165, 1.54) is 25.3 Å². The monoisotopic (exact) mass is 426 g/mol. The summed E-state index contributed by atoms with van der Waals surface area (Å²) in [6.45, 7) is 2.35. The molecule has 1 aromatic heterocycles. The average molecular weight is 426 g/mol. The molecule has 162 valence electrons. The molecule has 0 aliphatic rings. The van der Waals surface area contributed by atoms with Crippen LogP contribution < -0.4 is 21.9 Å². The quantitative estimate of drug-likeness (QED) is 0.496. The second-order valence-electron chi connectivity index (χ2n) is 6.53. The molecule has 0 saturated heterocycles. The van der Waals surface area contributed by atoms with E-state index in [0.29, 0.717) is 16.8 Å². The summed E-state index contributed by atoms with van der Waals surface area (Å²) in [6, 6.07) is 11.0. The molecular weight excluding hydrogens is 404 g/mol. The molecule has 0 fully saturated rings. The Bertz CT molecular complexity index is 1230. The molecule has 3 N–H and O–H groups in total. The Balaban J connectivity index is 1.75. The lowest BCUT2D eigenvalue weighted by atomic mass is 10.1. The van der Waals surface area contributed by atoms with E-state index in [9.17, 15) is 19.2 Å². The maximum absolute atomic E-state index is 12.6. The van der Waals surface area contributed by atoms with Crippen molar-refractivity contribution in [1.29, 1.82) is 0 Å². The van der Waals surface area contributed by atoms with Crippen molar-refractivity contribution >= 4 is 34.3 Å². The number of carbonyl (C=O) groups is 2. The van der Waals surface area contributed by atoms with Crippen molar-refractivity contribution in [2.45, 2.75) is 13.5 Å². The summed E-state index contributed by atoms with van der Waals surface area (Å²) in [5, 5.41) is 5.59. The Hall–Kier alpha value is -3.92. The lowest BCUT2D eigenvalue weighted by molar-refractivity contribution is 0.102. The van der Waals surface area contributed by atoms with E-state index in [4.69, 9.17) is 9.47 Å². The molecule has 0 saturated carbocycles. The number of aromatic nitrogens is 2. The van der Waals surface area contributed by atoms with Gasteiger partial charge in [-0.2, -0.15) is 0 Å². The van der Waals surface area contributed by atoms with Gasteiger partial charge in [-0.25, -0.2) is 9.59 Å². The zero-order valence-electron chi connectivity index (χ0n) is 17.1. The maximum Gasteiger partial charge on any atom is 0.411 e. The molecule has 1 heterocycles. The van der Waals surface area contributed by atoms with Gasteiger partial charge in [-0.1, -0.05) is 6.07 Å². The van der Waals surface area contributed by atoms with Crippen molar-refractivity contribution in [1.82, 2.24) is 9.55 Å². The summed E-state index contributed by atoms with van der Waals surface area (Å²) in [5.74, 6) is -0.442. The Labute approximate surface area is 176 Å². The second kappa shape index (κ2) is 9.72. The third kappa shape index (κ3) is 5.17. The van der Waals surface area contributed by atoms with E-state index in [-0.39, 0.29) is 30.8 Å². The number of nitrogens with zero attached hydrogens (tertiary/aromatic N) is 1. The molecule has 0 atom stereocenters. The number of methoxy groups -OCH3 is 1. The van der Waals surface area contributed by atoms with E-state index >= 15 is 0 Å². The van der Waals surface area contributed by atoms with Crippen LogP contribution in [-0.2, 0) is 16.0 Å². The first-order valence-electron chi connectivity index (χ1n) is 9.54. The first-order chi connectivity index (χ1) is 14.9. The summed E-state index contributed by atoms with van der Waals surface area (Å²) in [7, 11) is 1.50. The Morgan fingerprint density at radius 1 is 1.03 bits per heavy atom. The van der Waals surface area contributed by atoms with Gasteiger partial charge < -0.3 is 19.8 Å². The number of nitrogens with one attached hydrogen (secondary N) is 3. The number of hydrogen-bond donors (Lipinski definition) is 3. The fraction of sp³-hybridized carbons (Fsp3) is 0.238. The van der Waals surface area contributed by atoms with Crippen LogP contribution in [0.3, 0.4) is 0 Å². The lowest BCUT2D eigenvalue weighted by Gasteiger charge is -2.10. The number of fused-ring (bicyclic) bond motifs is 1. The summed E-state index contributed by atoms with van der Waals surface area (Å²) < 4.78 is 10.8. The minimum Gasteiger partial charge on any atom is -0.447 e. The van der Waals surface area contributed by atoms with E-state index in [2.05, 4.69) is 15.6 Å². The van der Waals surface area contributed by atoms with Crippen molar-refractivity contribution in [2.24, 2.45) is 0 Å². The largest absolute Gasteiger partial charge is 0.447 e. The van der Waals surface area contributed by atoms with Crippen molar-refractivity contribution in [3.63, 3.8) is 0 Å². The molecule has 2 amide bonds. The van der Waals surface area contributed by atoms with Crippen LogP contribution in [0.25, 0.3) is 10.9 Å². The number of ether oxygens (including phenoxy) is 2. The van der Waals surface area contributed by atoms with Crippen molar-refractivity contribution < 1.29 is 19.1 Å². The SMILES string of the molecule is CCn1c(=O)[nH]c2cc(C(=O)Nc3cccc(NC(=O)OCCOC)c3)ccc2c1=O. The van der Waals surface area contributed by atoms with E-state index < -0.39 is 23.2 Å². The van der Waals surface area contributed by atoms with Crippen LogP contribution in [0.2, 0.25) is 0 Å². The zero-order valence-corrected chi connectivity index (χ0v) is 17.1. The number of H-pyrrole nitrogens is 1. The van der Waals surface area contributed by atoms with Crippen LogP contribution in [0.5, 0.6) is 0 Å². The Morgan fingerprint density at radius 2 is 1.77 bits per heavy atom. The molecule has 31 heavy (non-hydrogen) atoms. The van der Waals surface area contributed by atoms with Crippen LogP contribution in [0.1, 0.15) is 17.3 Å². The minimum atomic E-state index is -0.642. The number of carbonyl (C=O) groups excluding carboxylic acids is 2. The predicted octanol–water partition coefficient (Wildman–Crippen LogP) is 2.16. The molecule has 0 unspecified atom stereocenters. The highest BCUT2D eigenvalue weighted by atomic mass is 16.6. The van der Waals surface area contributed by atoms with E-state index in [1.807, 2.05) is 0 Å². The van der Waals surface area contributed by atoms with Gasteiger partial charge in [0.1, 0.15) is 6.61 Å². The van der Waals surface area contributed by atoms with Crippen LogP contribution in [0.15, 0.2) is 52.1 Å². The van der Waals surface area contributed by atoms with Crippen molar-refractivity contribution in [3.8, 4) is 0 Å². The molecule has 3 rings (SSSR count). The summed E-state index contributed by atoms with van der Waals surface area (Å²) in [5.41, 5.74) is 0.464. The normalized spacial score (nSPS) is 10.6. The van der Waals surface area contributed by atoms with Crippen LogP contribution >= 0.6 is 0 Å². The fourth-order valence-electron chi connectivity index (χ4n) is 2.93. The molecule has 0 spiro atoms. The molecule has 2 aromatic carbocycles. The highest BCUT2D eigenvalue weighted by Crippen LogP contribution is 2.17. The number of rotatable bonds is 7. The van der Waals surface area contributed by atoms with Gasteiger partial charge in [0, 0.05) is 30.6 Å². The summed E-state index contributed by atoms with van der Waals surface area (Å²) in [4.78, 5) is 51.4. The maximum atomic E-state index is 12.6. The van der Waals surface area contributed by atoms with Gasteiger partial charge in [0.15, 0.2) is 0 Å². The smallest absolute Gasteiger partial charge is 0.411 e. The van der Waals surface area contributed by atoms with Gasteiger partial charge in [0.05, 0.1) is 17.5 Å². The van der Waals surface area contributed by atoms with Gasteiger partial charge in [-0.05, 0) is 43.3 Å². The minimum absolute atomic E-state index is 0.117. The zero-order chi connectivity index (χ0) is 22.4. The topological polar surface area (TPSA) is 132 Å². The van der Waals surface area contributed by atoms with Crippen molar-refractivity contribution in [3.05, 3.63) is 68.9 Å². The second-order valence-corrected chi connectivity index (χ2v) is 6.53. The van der Waals surface area contributed by atoms with Gasteiger partial charge >= 0.3 is 11.8 Å². The fourth-order valence-corrected chi connectivity index (χ4v) is 2.93. The molecular formula is C21H22N4O6. The lowest BCUT2D eigenvalue weighted by Crippen LogP contribution is -2.34. The first kappa shape index (κ1) is 21.8. The number of benzene rings is 2. The molecule has 3 aromatic rings. The molecule has 0 aliphatic heterocycles. The van der Waals surface area contributed by atoms with Crippen molar-refractivity contribution in [2.75, 3.05) is 31.0 Å². The Morgan fingerprint density at radius 3 is 2.48 bits per heavy atom. The first-order valence-corrected chi connectivity index (χ1v) is 9.54. The number of aromatic amines is 1. The molecule has 0 radical (unpaired) electrons. The molecule has 0 bridgehead atoms. The molecule has 0 aliphatic carbocycles. The van der Waals surface area contributed by atoms with Gasteiger partial charge in [0.2, 0.25) is 0 Å². The predicted molar refractivity (Wildman–Crippen MR) is 116 cm³/mol. The van der Waals surface area contributed by atoms with Crippen LogP contribution in [0, 0.1) is 0 Å². The number of hydrogen-bond acceptors (Lipinski definition) is 6. The van der Waals surface area contributed by atoms with Gasteiger partial charge in [-0.3, -0.25) is 19.5 Å². The Kier molecular flexibility index (Phi) is 6.83. The number of anilines is 2. The van der Waals surface area contributed by atoms with E-state index in [0.717, 1.165) is 4.57 Å². The van der Waals surface area contributed by atoms with Gasteiger partial charge in [-0.15, -0.1) is 0 Å². The van der Waals surface area contributed by atoms with E-state index in [1.54, 1.807) is 31.2 Å². The number of amides is 2. The molecule has 10 heteroatoms. The van der Waals surface area contributed by atoms with Crippen LogP contribution in [-0.4, -0.2) is 41.9 Å². The third-order valence-corrected chi connectivity index (χ3v) is 4.45. The highest BCUT2D eigenvalue weighted by molar-refractivity contribution is 6.06. The van der Waals surface area contributed by atoms with Gasteiger partial charge in [0.25, 0.3) is 11.5 Å². The average Bonchev–Trinajstić information content (AvgIpc) is 2.74. The third-order valence-electron chi connectivity index (χ3n) is 4.45. The standard InChI is InChI=1S/C21H22N4O6/c1-3-25-19(27)16-8-7-13(11-17(16)24-20(25)28)18(26)22-14-5-4-6-15(12-14)23-21(29)31-10-9-30-2/h4-8,11-12H,3,9-10H2,1-2H3,(H,22,26)(H,23,29)(H,24,28).